The van der Waals surface area contributed by atoms with Crippen molar-refractivity contribution in [3.05, 3.63) is 0 Å². The zero-order valence-corrected chi connectivity index (χ0v) is 8.76. The second-order valence-corrected chi connectivity index (χ2v) is 4.84. The van der Waals surface area contributed by atoms with Gasteiger partial charge in [0.2, 0.25) is 5.91 Å². The largest absolute Gasteiger partial charge is 0.369 e. The average molecular weight is 184 g/mol. The molecule has 0 aromatic carbocycles. The van der Waals surface area contributed by atoms with Gasteiger partial charge in [0.25, 0.3) is 0 Å². The standard InChI is InChI=1S/C10H20N2O/c1-7(2)4-10(3)6-12-5-8(10)9(11)13/h7-8,12H,4-6H2,1-3H3,(H2,11,13). The van der Waals surface area contributed by atoms with E-state index in [1.165, 1.54) is 0 Å². The smallest absolute Gasteiger partial charge is 0.222 e. The molecule has 0 aliphatic carbocycles. The summed E-state index contributed by atoms with van der Waals surface area (Å²) >= 11 is 0. The van der Waals surface area contributed by atoms with Crippen LogP contribution in [0.1, 0.15) is 27.2 Å². The molecule has 0 saturated carbocycles. The summed E-state index contributed by atoms with van der Waals surface area (Å²) in [4.78, 5) is 11.2. The molecule has 0 aromatic rings. The molecule has 0 aromatic heterocycles. The van der Waals surface area contributed by atoms with E-state index in [1.54, 1.807) is 0 Å². The van der Waals surface area contributed by atoms with Crippen molar-refractivity contribution in [1.82, 2.24) is 5.32 Å². The Bertz CT molecular complexity index is 203. The van der Waals surface area contributed by atoms with Gasteiger partial charge in [0.15, 0.2) is 0 Å². The van der Waals surface area contributed by atoms with Crippen molar-refractivity contribution >= 4 is 5.91 Å². The van der Waals surface area contributed by atoms with Crippen LogP contribution in [-0.4, -0.2) is 19.0 Å². The fourth-order valence-electron chi connectivity index (χ4n) is 2.46. The van der Waals surface area contributed by atoms with Crippen LogP contribution in [0.25, 0.3) is 0 Å². The normalized spacial score (nSPS) is 34.0. The Morgan fingerprint density at radius 2 is 2.31 bits per heavy atom. The maximum absolute atomic E-state index is 11.2. The molecule has 2 atom stereocenters. The van der Waals surface area contributed by atoms with Gasteiger partial charge >= 0.3 is 0 Å². The lowest BCUT2D eigenvalue weighted by Crippen LogP contribution is -2.37. The first kappa shape index (κ1) is 10.5. The van der Waals surface area contributed by atoms with Gasteiger partial charge in [-0.05, 0) is 17.8 Å². The highest BCUT2D eigenvalue weighted by molar-refractivity contribution is 5.78. The van der Waals surface area contributed by atoms with Crippen molar-refractivity contribution in [2.45, 2.75) is 27.2 Å². The van der Waals surface area contributed by atoms with Crippen LogP contribution in [0.3, 0.4) is 0 Å². The maximum atomic E-state index is 11.2. The van der Waals surface area contributed by atoms with E-state index in [2.05, 4.69) is 26.1 Å². The van der Waals surface area contributed by atoms with Crippen LogP contribution in [0.15, 0.2) is 0 Å². The summed E-state index contributed by atoms with van der Waals surface area (Å²) in [5, 5.41) is 3.25. The summed E-state index contributed by atoms with van der Waals surface area (Å²) in [6.07, 6.45) is 1.06. The lowest BCUT2D eigenvalue weighted by molar-refractivity contribution is -0.124. The summed E-state index contributed by atoms with van der Waals surface area (Å²) in [6, 6.07) is 0. The Hall–Kier alpha value is -0.570. The summed E-state index contributed by atoms with van der Waals surface area (Å²) in [6.45, 7) is 8.18. The molecule has 1 amide bonds. The van der Waals surface area contributed by atoms with Crippen LogP contribution in [0.2, 0.25) is 0 Å². The molecule has 76 valence electrons. The van der Waals surface area contributed by atoms with Gasteiger partial charge in [-0.1, -0.05) is 20.8 Å². The molecule has 3 heteroatoms. The van der Waals surface area contributed by atoms with Crippen molar-refractivity contribution in [2.24, 2.45) is 23.0 Å². The van der Waals surface area contributed by atoms with Crippen LogP contribution < -0.4 is 11.1 Å². The lowest BCUT2D eigenvalue weighted by Gasteiger charge is -2.30. The van der Waals surface area contributed by atoms with E-state index in [0.717, 1.165) is 19.5 Å². The molecule has 1 heterocycles. The minimum absolute atomic E-state index is 0.00917. The number of rotatable bonds is 3. The summed E-state index contributed by atoms with van der Waals surface area (Å²) in [7, 11) is 0. The molecular weight excluding hydrogens is 164 g/mol. The summed E-state index contributed by atoms with van der Waals surface area (Å²) < 4.78 is 0. The fraction of sp³-hybridized carbons (Fsp3) is 0.900. The lowest BCUT2D eigenvalue weighted by atomic mass is 9.74. The van der Waals surface area contributed by atoms with E-state index >= 15 is 0 Å². The molecule has 2 unspecified atom stereocenters. The Balaban J connectivity index is 2.69. The van der Waals surface area contributed by atoms with Gasteiger partial charge in [-0.15, -0.1) is 0 Å². The van der Waals surface area contributed by atoms with Gasteiger partial charge in [0.1, 0.15) is 0 Å². The number of hydrogen-bond donors (Lipinski definition) is 2. The van der Waals surface area contributed by atoms with E-state index < -0.39 is 0 Å². The van der Waals surface area contributed by atoms with Gasteiger partial charge in [0.05, 0.1) is 5.92 Å². The van der Waals surface area contributed by atoms with Crippen molar-refractivity contribution in [1.29, 1.82) is 0 Å². The van der Waals surface area contributed by atoms with E-state index in [0.29, 0.717) is 5.92 Å². The van der Waals surface area contributed by atoms with Crippen molar-refractivity contribution in [2.75, 3.05) is 13.1 Å². The summed E-state index contributed by atoms with van der Waals surface area (Å²) in [5.41, 5.74) is 5.44. The number of nitrogens with one attached hydrogen (secondary N) is 1. The number of hydrogen-bond acceptors (Lipinski definition) is 2. The number of nitrogens with two attached hydrogens (primary N) is 1. The van der Waals surface area contributed by atoms with Crippen LogP contribution in [0.4, 0.5) is 0 Å². The molecule has 0 bridgehead atoms. The van der Waals surface area contributed by atoms with Gasteiger partial charge < -0.3 is 11.1 Å². The molecule has 0 radical (unpaired) electrons. The third-order valence-electron chi connectivity index (χ3n) is 2.94. The molecule has 3 nitrogen and oxygen atoms in total. The van der Waals surface area contributed by atoms with E-state index in [4.69, 9.17) is 5.73 Å². The third-order valence-corrected chi connectivity index (χ3v) is 2.94. The average Bonchev–Trinajstić information content (AvgIpc) is 2.28. The van der Waals surface area contributed by atoms with E-state index in [-0.39, 0.29) is 17.2 Å². The Labute approximate surface area is 80.1 Å². The van der Waals surface area contributed by atoms with Crippen LogP contribution in [0.5, 0.6) is 0 Å². The molecule has 13 heavy (non-hydrogen) atoms. The first-order valence-corrected chi connectivity index (χ1v) is 4.96. The van der Waals surface area contributed by atoms with E-state index in [1.807, 2.05) is 0 Å². The second kappa shape index (κ2) is 3.66. The SMILES string of the molecule is CC(C)CC1(C)CNCC1C(N)=O. The maximum Gasteiger partial charge on any atom is 0.222 e. The van der Waals surface area contributed by atoms with Crippen LogP contribution in [0, 0.1) is 17.3 Å². The number of amides is 1. The number of carbonyl (C=O) groups excluding carboxylic acids is 1. The molecule has 1 rings (SSSR count). The Kier molecular flexibility index (Phi) is 2.96. The molecule has 3 N–H and O–H groups in total. The van der Waals surface area contributed by atoms with Crippen LogP contribution in [-0.2, 0) is 4.79 Å². The number of primary amides is 1. The van der Waals surface area contributed by atoms with Gasteiger partial charge in [-0.3, -0.25) is 4.79 Å². The molecule has 1 fully saturated rings. The zero-order chi connectivity index (χ0) is 10.1. The monoisotopic (exact) mass is 184 g/mol. The molecule has 0 spiro atoms. The molecular formula is C10H20N2O. The predicted octanol–water partition coefficient (Wildman–Crippen LogP) is 0.744. The second-order valence-electron chi connectivity index (χ2n) is 4.84. The third kappa shape index (κ3) is 2.21. The van der Waals surface area contributed by atoms with Crippen molar-refractivity contribution in [3.63, 3.8) is 0 Å². The fourth-order valence-corrected chi connectivity index (χ4v) is 2.46. The quantitative estimate of drug-likeness (QED) is 0.680. The minimum atomic E-state index is -0.159. The highest BCUT2D eigenvalue weighted by atomic mass is 16.1. The first-order valence-electron chi connectivity index (χ1n) is 4.96. The highest BCUT2D eigenvalue weighted by Crippen LogP contribution is 2.36. The van der Waals surface area contributed by atoms with Crippen molar-refractivity contribution < 1.29 is 4.79 Å². The van der Waals surface area contributed by atoms with Gasteiger partial charge in [0, 0.05) is 13.1 Å². The first-order chi connectivity index (χ1) is 5.96. The Morgan fingerprint density at radius 3 is 2.77 bits per heavy atom. The zero-order valence-electron chi connectivity index (χ0n) is 8.76. The van der Waals surface area contributed by atoms with Gasteiger partial charge in [-0.2, -0.15) is 0 Å². The summed E-state index contributed by atoms with van der Waals surface area (Å²) in [5.74, 6) is 0.467. The molecule has 1 aliphatic rings. The molecule has 1 saturated heterocycles. The minimum Gasteiger partial charge on any atom is -0.369 e. The highest BCUT2D eigenvalue weighted by Gasteiger charge is 2.42. The predicted molar refractivity (Wildman–Crippen MR) is 53.1 cm³/mol. The van der Waals surface area contributed by atoms with E-state index in [9.17, 15) is 4.79 Å². The molecule has 1 aliphatic heterocycles. The van der Waals surface area contributed by atoms with Crippen molar-refractivity contribution in [3.8, 4) is 0 Å². The Morgan fingerprint density at radius 1 is 1.69 bits per heavy atom. The number of carbonyl (C=O) groups is 1. The topological polar surface area (TPSA) is 55.1 Å². The van der Waals surface area contributed by atoms with Crippen LogP contribution >= 0.6 is 0 Å². The van der Waals surface area contributed by atoms with Gasteiger partial charge in [-0.25, -0.2) is 0 Å².